The van der Waals surface area contributed by atoms with Crippen LogP contribution in [0.15, 0.2) is 16.9 Å². The fourth-order valence-electron chi connectivity index (χ4n) is 0.594. The molecule has 4 heteroatoms. The molecule has 0 aromatic carbocycles. The lowest BCUT2D eigenvalue weighted by atomic mass is 10.6. The second-order valence-electron chi connectivity index (χ2n) is 1.69. The van der Waals surface area contributed by atoms with Crippen LogP contribution in [0.5, 0.6) is 0 Å². The molecule has 0 saturated carbocycles. The third kappa shape index (κ3) is 1.80. The maximum Gasteiger partial charge on any atom is 0.128 e. The normalized spacial score (nSPS) is 10.0. The zero-order valence-electron chi connectivity index (χ0n) is 4.92. The molecule has 1 aromatic heterocycles. The Labute approximate surface area is 62.0 Å². The van der Waals surface area contributed by atoms with Gasteiger partial charge in [-0.2, -0.15) is 5.10 Å². The summed E-state index contributed by atoms with van der Waals surface area (Å²) >= 11 is 3.23. The van der Waals surface area contributed by atoms with E-state index in [2.05, 4.69) is 21.0 Å². The maximum atomic E-state index is 5.29. The standard InChI is InChI=1S/C5H8BrN3/c6-5-1-3-9(8-5)4-2-7/h1,3H,2,4,7H2. The highest BCUT2D eigenvalue weighted by Crippen LogP contribution is 2.02. The van der Waals surface area contributed by atoms with Crippen LogP contribution in [0.4, 0.5) is 0 Å². The van der Waals surface area contributed by atoms with E-state index in [-0.39, 0.29) is 0 Å². The summed E-state index contributed by atoms with van der Waals surface area (Å²) in [7, 11) is 0. The second kappa shape index (κ2) is 2.98. The molecule has 50 valence electrons. The van der Waals surface area contributed by atoms with Gasteiger partial charge in [0.25, 0.3) is 0 Å². The quantitative estimate of drug-likeness (QED) is 0.742. The van der Waals surface area contributed by atoms with Crippen molar-refractivity contribution in [1.29, 1.82) is 0 Å². The molecule has 1 rings (SSSR count). The van der Waals surface area contributed by atoms with Crippen LogP contribution in [0, 0.1) is 0 Å². The van der Waals surface area contributed by atoms with Crippen molar-refractivity contribution >= 4 is 15.9 Å². The van der Waals surface area contributed by atoms with Crippen LogP contribution in [-0.4, -0.2) is 16.3 Å². The SMILES string of the molecule is NCCn1ccc(Br)n1. The first-order valence-electron chi connectivity index (χ1n) is 2.72. The van der Waals surface area contributed by atoms with Crippen LogP contribution < -0.4 is 5.73 Å². The average Bonchev–Trinajstić information content (AvgIpc) is 2.17. The molecular weight excluding hydrogens is 182 g/mol. The molecule has 0 atom stereocenters. The molecule has 9 heavy (non-hydrogen) atoms. The molecule has 0 aliphatic carbocycles. The summed E-state index contributed by atoms with van der Waals surface area (Å²) in [6.07, 6.45) is 1.89. The third-order valence-electron chi connectivity index (χ3n) is 0.966. The van der Waals surface area contributed by atoms with Crippen molar-refractivity contribution in [3.05, 3.63) is 16.9 Å². The smallest absolute Gasteiger partial charge is 0.128 e. The van der Waals surface area contributed by atoms with Crippen LogP contribution in [0.3, 0.4) is 0 Å². The van der Waals surface area contributed by atoms with E-state index in [0.29, 0.717) is 6.54 Å². The van der Waals surface area contributed by atoms with Gasteiger partial charge in [-0.3, -0.25) is 4.68 Å². The van der Waals surface area contributed by atoms with Gasteiger partial charge in [0, 0.05) is 12.7 Å². The molecule has 0 aliphatic rings. The Balaban J connectivity index is 2.61. The van der Waals surface area contributed by atoms with E-state index >= 15 is 0 Å². The van der Waals surface area contributed by atoms with Crippen molar-refractivity contribution in [2.24, 2.45) is 5.73 Å². The second-order valence-corrected chi connectivity index (χ2v) is 2.50. The van der Waals surface area contributed by atoms with E-state index in [0.717, 1.165) is 11.1 Å². The number of hydrogen-bond donors (Lipinski definition) is 1. The number of nitrogens with two attached hydrogens (primary N) is 1. The van der Waals surface area contributed by atoms with Gasteiger partial charge in [0.2, 0.25) is 0 Å². The molecule has 0 spiro atoms. The maximum absolute atomic E-state index is 5.29. The predicted octanol–water partition coefficient (Wildman–Crippen LogP) is 0.604. The molecular formula is C5H8BrN3. The Morgan fingerprint density at radius 2 is 2.56 bits per heavy atom. The van der Waals surface area contributed by atoms with E-state index in [9.17, 15) is 0 Å². The molecule has 3 nitrogen and oxygen atoms in total. The topological polar surface area (TPSA) is 43.8 Å². The zero-order valence-corrected chi connectivity index (χ0v) is 6.50. The highest BCUT2D eigenvalue weighted by atomic mass is 79.9. The van der Waals surface area contributed by atoms with Crippen molar-refractivity contribution in [3.8, 4) is 0 Å². The van der Waals surface area contributed by atoms with Crippen molar-refractivity contribution in [3.63, 3.8) is 0 Å². The number of halogens is 1. The Hall–Kier alpha value is -0.350. The fourth-order valence-corrected chi connectivity index (χ4v) is 0.916. The molecule has 0 fully saturated rings. The predicted molar refractivity (Wildman–Crippen MR) is 39.0 cm³/mol. The summed E-state index contributed by atoms with van der Waals surface area (Å²) in [5, 5.41) is 4.05. The molecule has 0 radical (unpaired) electrons. The molecule has 0 bridgehead atoms. The summed E-state index contributed by atoms with van der Waals surface area (Å²) in [5.74, 6) is 0. The molecule has 1 aromatic rings. The van der Waals surface area contributed by atoms with Crippen LogP contribution in [0.2, 0.25) is 0 Å². The van der Waals surface area contributed by atoms with Gasteiger partial charge >= 0.3 is 0 Å². The van der Waals surface area contributed by atoms with Gasteiger partial charge in [-0.15, -0.1) is 0 Å². The van der Waals surface area contributed by atoms with Crippen LogP contribution in [0.1, 0.15) is 0 Å². The van der Waals surface area contributed by atoms with E-state index in [1.165, 1.54) is 0 Å². The van der Waals surface area contributed by atoms with Crippen molar-refractivity contribution in [2.75, 3.05) is 6.54 Å². The highest BCUT2D eigenvalue weighted by Gasteiger charge is 1.90. The number of aromatic nitrogens is 2. The van der Waals surface area contributed by atoms with Gasteiger partial charge in [-0.1, -0.05) is 0 Å². The zero-order chi connectivity index (χ0) is 6.69. The minimum absolute atomic E-state index is 0.633. The minimum Gasteiger partial charge on any atom is -0.329 e. The largest absolute Gasteiger partial charge is 0.329 e. The van der Waals surface area contributed by atoms with E-state index < -0.39 is 0 Å². The van der Waals surface area contributed by atoms with Crippen LogP contribution >= 0.6 is 15.9 Å². The number of nitrogens with zero attached hydrogens (tertiary/aromatic N) is 2. The summed E-state index contributed by atoms with van der Waals surface area (Å²) in [6.45, 7) is 1.42. The van der Waals surface area contributed by atoms with Crippen LogP contribution in [-0.2, 0) is 6.54 Å². The molecule has 1 heterocycles. The van der Waals surface area contributed by atoms with Gasteiger partial charge in [-0.05, 0) is 22.0 Å². The van der Waals surface area contributed by atoms with Crippen molar-refractivity contribution < 1.29 is 0 Å². The first-order chi connectivity index (χ1) is 4.33. The monoisotopic (exact) mass is 189 g/mol. The van der Waals surface area contributed by atoms with Gasteiger partial charge in [0.15, 0.2) is 0 Å². The molecule has 2 N–H and O–H groups in total. The van der Waals surface area contributed by atoms with Gasteiger partial charge in [0.05, 0.1) is 6.54 Å². The lowest BCUT2D eigenvalue weighted by molar-refractivity contribution is 0.621. The Bertz CT molecular complexity index is 184. The molecule has 0 unspecified atom stereocenters. The number of rotatable bonds is 2. The lowest BCUT2D eigenvalue weighted by Crippen LogP contribution is -2.09. The average molecular weight is 190 g/mol. The highest BCUT2D eigenvalue weighted by molar-refractivity contribution is 9.10. The van der Waals surface area contributed by atoms with E-state index in [1.807, 2.05) is 12.3 Å². The first-order valence-corrected chi connectivity index (χ1v) is 3.51. The summed E-state index contributed by atoms with van der Waals surface area (Å²) < 4.78 is 2.65. The summed E-state index contributed by atoms with van der Waals surface area (Å²) in [5.41, 5.74) is 5.29. The number of hydrogen-bond acceptors (Lipinski definition) is 2. The van der Waals surface area contributed by atoms with Gasteiger partial charge in [-0.25, -0.2) is 0 Å². The van der Waals surface area contributed by atoms with Crippen LogP contribution in [0.25, 0.3) is 0 Å². The van der Waals surface area contributed by atoms with Crippen molar-refractivity contribution in [2.45, 2.75) is 6.54 Å². The molecule has 0 aliphatic heterocycles. The van der Waals surface area contributed by atoms with E-state index in [1.54, 1.807) is 4.68 Å². The Morgan fingerprint density at radius 3 is 3.00 bits per heavy atom. The Kier molecular flexibility index (Phi) is 2.24. The summed E-state index contributed by atoms with van der Waals surface area (Å²) in [6, 6.07) is 1.88. The van der Waals surface area contributed by atoms with Gasteiger partial charge < -0.3 is 5.73 Å². The fraction of sp³-hybridized carbons (Fsp3) is 0.400. The molecule has 0 amide bonds. The first kappa shape index (κ1) is 6.77. The van der Waals surface area contributed by atoms with E-state index in [4.69, 9.17) is 5.73 Å². The summed E-state index contributed by atoms with van der Waals surface area (Å²) in [4.78, 5) is 0. The lowest BCUT2D eigenvalue weighted by Gasteiger charge is -1.93. The molecule has 0 saturated heterocycles. The third-order valence-corrected chi connectivity index (χ3v) is 1.39. The van der Waals surface area contributed by atoms with Gasteiger partial charge in [0.1, 0.15) is 4.60 Å². The Morgan fingerprint density at radius 1 is 1.78 bits per heavy atom. The minimum atomic E-state index is 0.633. The van der Waals surface area contributed by atoms with Crippen molar-refractivity contribution in [1.82, 2.24) is 9.78 Å².